The number of aromatic nitrogens is 1. The number of hydrogen-bond acceptors (Lipinski definition) is 6. The lowest BCUT2D eigenvalue weighted by atomic mass is 10.1. The van der Waals surface area contributed by atoms with Crippen molar-refractivity contribution < 1.29 is 13.2 Å². The lowest BCUT2D eigenvalue weighted by Crippen LogP contribution is -2.46. The number of likely N-dealkylation sites (tertiary alicyclic amines) is 1. The van der Waals surface area contributed by atoms with Gasteiger partial charge in [0.1, 0.15) is 9.24 Å². The summed E-state index contributed by atoms with van der Waals surface area (Å²) in [5.74, 6) is -0.0684. The summed E-state index contributed by atoms with van der Waals surface area (Å²) in [6, 6.07) is 16.5. The summed E-state index contributed by atoms with van der Waals surface area (Å²) in [6.45, 7) is 1.00. The van der Waals surface area contributed by atoms with Crippen LogP contribution in [-0.2, 0) is 10.0 Å². The number of nitrogens with one attached hydrogen (secondary N) is 1. The van der Waals surface area contributed by atoms with Crippen LogP contribution in [0.5, 0.6) is 0 Å². The number of rotatable bonds is 6. The molecule has 0 unspecified atom stereocenters. The number of piperidine rings is 1. The Bertz CT molecular complexity index is 1090. The van der Waals surface area contributed by atoms with Gasteiger partial charge in [0.15, 0.2) is 0 Å². The molecule has 30 heavy (non-hydrogen) atoms. The molecule has 1 aliphatic heterocycles. The Morgan fingerprint density at radius 2 is 1.83 bits per heavy atom. The van der Waals surface area contributed by atoms with Gasteiger partial charge in [0.2, 0.25) is 10.0 Å². The molecule has 6 nitrogen and oxygen atoms in total. The van der Waals surface area contributed by atoms with E-state index in [4.69, 9.17) is 0 Å². The topological polar surface area (TPSA) is 79.4 Å². The average Bonchev–Trinajstić information content (AvgIpc) is 3.31. The molecule has 0 saturated carbocycles. The number of amides is 1. The molecule has 0 bridgehead atoms. The van der Waals surface area contributed by atoms with E-state index in [1.807, 2.05) is 30.3 Å². The van der Waals surface area contributed by atoms with E-state index in [-0.39, 0.29) is 11.9 Å². The standard InChI is InChI=1S/C21H21N3O3S3/c25-21(18-8-4-12-22-20(18)29-17-6-2-1-3-7-17)24-13-10-16(11-14-24)23-30(26,27)19-9-5-15-28-19/h1-9,12,15-16,23H,10-11,13-14H2. The van der Waals surface area contributed by atoms with Gasteiger partial charge in [0.25, 0.3) is 5.91 Å². The number of pyridine rings is 1. The highest BCUT2D eigenvalue weighted by molar-refractivity contribution is 7.99. The second-order valence-electron chi connectivity index (χ2n) is 6.89. The molecular formula is C21H21N3O3S3. The van der Waals surface area contributed by atoms with Crippen molar-refractivity contribution in [3.63, 3.8) is 0 Å². The number of nitrogens with zero attached hydrogens (tertiary/aromatic N) is 2. The number of benzene rings is 1. The fourth-order valence-electron chi connectivity index (χ4n) is 3.30. The summed E-state index contributed by atoms with van der Waals surface area (Å²) in [5.41, 5.74) is 0.573. The maximum atomic E-state index is 13.1. The lowest BCUT2D eigenvalue weighted by molar-refractivity contribution is 0.0707. The van der Waals surface area contributed by atoms with Gasteiger partial charge in [0, 0.05) is 30.2 Å². The Kier molecular flexibility index (Phi) is 6.52. The number of sulfonamides is 1. The second kappa shape index (κ2) is 9.30. The fraction of sp³-hybridized carbons (Fsp3) is 0.238. The minimum Gasteiger partial charge on any atom is -0.338 e. The van der Waals surface area contributed by atoms with Gasteiger partial charge >= 0.3 is 0 Å². The van der Waals surface area contributed by atoms with Crippen LogP contribution in [0.4, 0.5) is 0 Å². The van der Waals surface area contributed by atoms with Gasteiger partial charge in [-0.2, -0.15) is 0 Å². The molecule has 1 aromatic carbocycles. The van der Waals surface area contributed by atoms with Crippen molar-refractivity contribution in [2.24, 2.45) is 0 Å². The highest BCUT2D eigenvalue weighted by Crippen LogP contribution is 2.29. The molecule has 3 heterocycles. The largest absolute Gasteiger partial charge is 0.338 e. The molecule has 0 spiro atoms. The number of hydrogen-bond donors (Lipinski definition) is 1. The van der Waals surface area contributed by atoms with E-state index in [9.17, 15) is 13.2 Å². The van der Waals surface area contributed by atoms with Crippen LogP contribution in [0, 0.1) is 0 Å². The predicted octanol–water partition coefficient (Wildman–Crippen LogP) is 3.88. The molecule has 1 saturated heterocycles. The molecule has 1 aliphatic rings. The molecule has 0 aliphatic carbocycles. The van der Waals surface area contributed by atoms with Crippen LogP contribution in [0.25, 0.3) is 0 Å². The third-order valence-corrected chi connectivity index (χ3v) is 8.77. The summed E-state index contributed by atoms with van der Waals surface area (Å²) in [5, 5.41) is 2.42. The zero-order valence-electron chi connectivity index (χ0n) is 16.1. The first-order valence-corrected chi connectivity index (χ1v) is 12.7. The Morgan fingerprint density at radius 1 is 1.07 bits per heavy atom. The van der Waals surface area contributed by atoms with Gasteiger partial charge in [-0.05, 0) is 48.6 Å². The SMILES string of the molecule is O=C(c1cccnc1Sc1ccccc1)N1CCC(NS(=O)(=O)c2cccs2)CC1. The minimum atomic E-state index is -3.50. The van der Waals surface area contributed by atoms with Crippen LogP contribution in [-0.4, -0.2) is 43.3 Å². The molecule has 3 aromatic rings. The van der Waals surface area contributed by atoms with Crippen molar-refractivity contribution in [1.82, 2.24) is 14.6 Å². The van der Waals surface area contributed by atoms with Gasteiger partial charge in [-0.3, -0.25) is 4.79 Å². The van der Waals surface area contributed by atoms with Gasteiger partial charge in [-0.15, -0.1) is 11.3 Å². The molecule has 9 heteroatoms. The van der Waals surface area contributed by atoms with Crippen LogP contribution in [0.1, 0.15) is 23.2 Å². The number of carbonyl (C=O) groups is 1. The Morgan fingerprint density at radius 3 is 2.53 bits per heavy atom. The Labute approximate surface area is 184 Å². The first kappa shape index (κ1) is 21.0. The van der Waals surface area contributed by atoms with Crippen molar-refractivity contribution in [3.8, 4) is 0 Å². The molecule has 2 aromatic heterocycles. The van der Waals surface area contributed by atoms with Crippen molar-refractivity contribution in [2.45, 2.75) is 33.0 Å². The van der Waals surface area contributed by atoms with Crippen molar-refractivity contribution in [1.29, 1.82) is 0 Å². The van der Waals surface area contributed by atoms with E-state index in [0.29, 0.717) is 40.7 Å². The first-order chi connectivity index (χ1) is 14.5. The zero-order valence-corrected chi connectivity index (χ0v) is 18.6. The number of carbonyl (C=O) groups excluding carboxylic acids is 1. The second-order valence-corrected chi connectivity index (χ2v) is 10.8. The molecule has 156 valence electrons. The van der Waals surface area contributed by atoms with Gasteiger partial charge in [-0.1, -0.05) is 36.0 Å². The highest BCUT2D eigenvalue weighted by Gasteiger charge is 2.28. The van der Waals surface area contributed by atoms with E-state index >= 15 is 0 Å². The highest BCUT2D eigenvalue weighted by atomic mass is 32.2. The normalized spacial score (nSPS) is 15.3. The van der Waals surface area contributed by atoms with Crippen molar-refractivity contribution in [3.05, 3.63) is 71.7 Å². The average molecular weight is 460 g/mol. The molecule has 0 radical (unpaired) electrons. The van der Waals surface area contributed by atoms with Crippen molar-refractivity contribution >= 4 is 39.0 Å². The van der Waals surface area contributed by atoms with Crippen LogP contribution in [0.2, 0.25) is 0 Å². The molecule has 4 rings (SSSR count). The van der Waals surface area contributed by atoms with E-state index < -0.39 is 10.0 Å². The summed E-state index contributed by atoms with van der Waals surface area (Å²) in [4.78, 5) is 20.3. The van der Waals surface area contributed by atoms with Gasteiger partial charge < -0.3 is 4.90 Å². The zero-order chi connectivity index (χ0) is 21.0. The third kappa shape index (κ3) is 4.92. The van der Waals surface area contributed by atoms with E-state index in [1.54, 1.807) is 40.7 Å². The molecule has 1 N–H and O–H groups in total. The predicted molar refractivity (Wildman–Crippen MR) is 118 cm³/mol. The molecule has 1 fully saturated rings. The van der Waals surface area contributed by atoms with Crippen LogP contribution >= 0.6 is 23.1 Å². The van der Waals surface area contributed by atoms with Crippen molar-refractivity contribution in [2.75, 3.05) is 13.1 Å². The first-order valence-electron chi connectivity index (χ1n) is 9.56. The van der Waals surface area contributed by atoms with Crippen LogP contribution < -0.4 is 4.72 Å². The number of thiophene rings is 1. The van der Waals surface area contributed by atoms with Gasteiger partial charge in [-0.25, -0.2) is 18.1 Å². The van der Waals surface area contributed by atoms with Crippen LogP contribution in [0.15, 0.2) is 80.3 Å². The summed E-state index contributed by atoms with van der Waals surface area (Å²) in [7, 11) is -3.50. The summed E-state index contributed by atoms with van der Waals surface area (Å²) < 4.78 is 27.9. The van der Waals surface area contributed by atoms with E-state index in [1.165, 1.54) is 23.1 Å². The van der Waals surface area contributed by atoms with E-state index in [0.717, 1.165) is 4.90 Å². The van der Waals surface area contributed by atoms with E-state index in [2.05, 4.69) is 9.71 Å². The quantitative estimate of drug-likeness (QED) is 0.605. The molecule has 0 atom stereocenters. The summed E-state index contributed by atoms with van der Waals surface area (Å²) in [6.07, 6.45) is 2.85. The van der Waals surface area contributed by atoms with Crippen LogP contribution in [0.3, 0.4) is 0 Å². The Balaban J connectivity index is 1.40. The maximum Gasteiger partial charge on any atom is 0.256 e. The molecular weight excluding hydrogens is 438 g/mol. The lowest BCUT2D eigenvalue weighted by Gasteiger charge is -2.32. The maximum absolute atomic E-state index is 13.1. The monoisotopic (exact) mass is 459 g/mol. The molecule has 1 amide bonds. The summed E-state index contributed by atoms with van der Waals surface area (Å²) >= 11 is 2.66. The Hall–Kier alpha value is -2.20. The smallest absolute Gasteiger partial charge is 0.256 e. The third-order valence-electron chi connectivity index (χ3n) is 4.82. The fourth-order valence-corrected chi connectivity index (χ4v) is 6.51. The van der Waals surface area contributed by atoms with Gasteiger partial charge in [0.05, 0.1) is 5.56 Å². The minimum absolute atomic E-state index is 0.0684.